The number of fused-ring (bicyclic) bond motifs is 5. The van der Waals surface area contributed by atoms with Crippen LogP contribution in [0.25, 0.3) is 0 Å². The van der Waals surface area contributed by atoms with Gasteiger partial charge in [-0.25, -0.2) is 0 Å². The lowest BCUT2D eigenvalue weighted by molar-refractivity contribution is -0.115. The van der Waals surface area contributed by atoms with E-state index in [9.17, 15) is 5.11 Å². The Balaban J connectivity index is 1.64. The summed E-state index contributed by atoms with van der Waals surface area (Å²) >= 11 is 0. The van der Waals surface area contributed by atoms with Crippen LogP contribution >= 0.6 is 0 Å². The monoisotopic (exact) mass is 288 g/mol. The molecule has 2 unspecified atom stereocenters. The van der Waals surface area contributed by atoms with Crippen LogP contribution in [-0.2, 0) is 0 Å². The van der Waals surface area contributed by atoms with Gasteiger partial charge in [-0.2, -0.15) is 0 Å². The van der Waals surface area contributed by atoms with Crippen LogP contribution in [0.15, 0.2) is 12.2 Å². The minimum Gasteiger partial charge on any atom is -0.393 e. The van der Waals surface area contributed by atoms with E-state index in [0.29, 0.717) is 5.41 Å². The predicted molar refractivity (Wildman–Crippen MR) is 86.9 cm³/mol. The molecule has 1 N–H and O–H groups in total. The van der Waals surface area contributed by atoms with Crippen LogP contribution in [-0.4, -0.2) is 11.2 Å². The van der Waals surface area contributed by atoms with Crippen LogP contribution in [0.5, 0.6) is 0 Å². The Morgan fingerprint density at radius 2 is 1.71 bits per heavy atom. The number of allylic oxidation sites excluding steroid dienone is 1. The summed E-state index contributed by atoms with van der Waals surface area (Å²) in [5, 5.41) is 10.5. The van der Waals surface area contributed by atoms with Crippen molar-refractivity contribution in [2.45, 2.75) is 77.7 Å². The lowest BCUT2D eigenvalue weighted by Crippen LogP contribution is -2.53. The molecule has 4 aliphatic rings. The summed E-state index contributed by atoms with van der Waals surface area (Å²) < 4.78 is 0. The lowest BCUT2D eigenvalue weighted by Gasteiger charge is -2.60. The predicted octanol–water partition coefficient (Wildman–Crippen LogP) is 4.95. The van der Waals surface area contributed by atoms with Crippen molar-refractivity contribution >= 4 is 0 Å². The highest BCUT2D eigenvalue weighted by Crippen LogP contribution is 2.66. The van der Waals surface area contributed by atoms with Crippen LogP contribution in [0.1, 0.15) is 71.6 Å². The average Bonchev–Trinajstić information content (AvgIpc) is 2.76. The third kappa shape index (κ3) is 1.85. The zero-order valence-electron chi connectivity index (χ0n) is 13.9. The maximum absolute atomic E-state index is 10.5. The first-order valence-corrected chi connectivity index (χ1v) is 9.30. The van der Waals surface area contributed by atoms with Gasteiger partial charge in [0, 0.05) is 0 Å². The second-order valence-corrected chi connectivity index (χ2v) is 9.25. The van der Waals surface area contributed by atoms with Crippen LogP contribution in [0, 0.1) is 34.5 Å². The molecule has 0 heterocycles. The van der Waals surface area contributed by atoms with Crippen LogP contribution in [0.3, 0.4) is 0 Å². The zero-order chi connectivity index (χ0) is 14.8. The molecule has 0 aromatic heterocycles. The summed E-state index contributed by atoms with van der Waals surface area (Å²) in [6.45, 7) is 9.28. The smallest absolute Gasteiger partial charge is 0.0596 e. The number of aliphatic hydroxyl groups excluding tert-OH is 1. The molecular weight excluding hydrogens is 256 g/mol. The standard InChI is InChI=1S/C20H32O/c1-13-8-10-19(2)14(12-13)4-5-15-16-6-7-18(21)20(16,3)11-9-17(15)19/h14-18,21H,1,4-12H2,2-3H3/t14?,15-,16-,17-,18?,19-,20-/m0/s1. The van der Waals surface area contributed by atoms with Gasteiger partial charge >= 0.3 is 0 Å². The van der Waals surface area contributed by atoms with Crippen molar-refractivity contribution in [3.63, 3.8) is 0 Å². The van der Waals surface area contributed by atoms with E-state index in [2.05, 4.69) is 20.4 Å². The SMILES string of the molecule is C=C1CC[C@@]2(C)C(CC[C@@H]3[C@@H]2CC[C@]2(C)C(O)CC[C@@H]32)C1. The van der Waals surface area contributed by atoms with E-state index in [4.69, 9.17) is 0 Å². The quantitative estimate of drug-likeness (QED) is 0.626. The molecular formula is C20H32O. The molecule has 4 saturated carbocycles. The zero-order valence-corrected chi connectivity index (χ0v) is 13.9. The van der Waals surface area contributed by atoms with E-state index in [1.54, 1.807) is 0 Å². The Morgan fingerprint density at radius 3 is 2.52 bits per heavy atom. The van der Waals surface area contributed by atoms with Gasteiger partial charge in [-0.1, -0.05) is 26.0 Å². The van der Waals surface area contributed by atoms with E-state index in [1.165, 1.54) is 56.9 Å². The molecule has 7 atom stereocenters. The Kier molecular flexibility index (Phi) is 3.13. The van der Waals surface area contributed by atoms with Gasteiger partial charge in [0.1, 0.15) is 0 Å². The molecule has 0 saturated heterocycles. The second-order valence-electron chi connectivity index (χ2n) is 9.25. The fourth-order valence-electron chi connectivity index (χ4n) is 7.13. The second kappa shape index (κ2) is 4.60. The summed E-state index contributed by atoms with van der Waals surface area (Å²) in [4.78, 5) is 0. The van der Waals surface area contributed by atoms with Crippen molar-refractivity contribution < 1.29 is 5.11 Å². The first kappa shape index (κ1) is 14.3. The van der Waals surface area contributed by atoms with Crippen molar-refractivity contribution in [1.29, 1.82) is 0 Å². The molecule has 4 fully saturated rings. The van der Waals surface area contributed by atoms with Gasteiger partial charge in [-0.3, -0.25) is 0 Å². The fourth-order valence-corrected chi connectivity index (χ4v) is 7.13. The van der Waals surface area contributed by atoms with Gasteiger partial charge in [-0.15, -0.1) is 0 Å². The highest BCUT2D eigenvalue weighted by Gasteiger charge is 2.59. The molecule has 0 amide bonds. The van der Waals surface area contributed by atoms with Gasteiger partial charge < -0.3 is 5.11 Å². The van der Waals surface area contributed by atoms with Crippen molar-refractivity contribution in [3.8, 4) is 0 Å². The Labute approximate surface area is 130 Å². The van der Waals surface area contributed by atoms with E-state index in [-0.39, 0.29) is 11.5 Å². The summed E-state index contributed by atoms with van der Waals surface area (Å²) in [7, 11) is 0. The number of hydrogen-bond donors (Lipinski definition) is 1. The minimum absolute atomic E-state index is 0.0277. The first-order chi connectivity index (χ1) is 9.95. The average molecular weight is 288 g/mol. The molecule has 0 aliphatic heterocycles. The molecule has 0 radical (unpaired) electrons. The highest BCUT2D eigenvalue weighted by atomic mass is 16.3. The Hall–Kier alpha value is -0.300. The molecule has 4 rings (SSSR count). The topological polar surface area (TPSA) is 20.2 Å². The number of hydrogen-bond acceptors (Lipinski definition) is 1. The normalized spacial score (nSPS) is 56.5. The van der Waals surface area contributed by atoms with E-state index in [0.717, 1.165) is 30.1 Å². The number of aliphatic hydroxyl groups is 1. The van der Waals surface area contributed by atoms with E-state index >= 15 is 0 Å². The molecule has 21 heavy (non-hydrogen) atoms. The number of rotatable bonds is 0. The van der Waals surface area contributed by atoms with Gasteiger partial charge in [0.2, 0.25) is 0 Å². The lowest BCUT2D eigenvalue weighted by atomic mass is 9.45. The van der Waals surface area contributed by atoms with Crippen LogP contribution in [0.2, 0.25) is 0 Å². The maximum atomic E-state index is 10.5. The molecule has 1 nitrogen and oxygen atoms in total. The van der Waals surface area contributed by atoms with Crippen molar-refractivity contribution in [2.24, 2.45) is 34.5 Å². The largest absolute Gasteiger partial charge is 0.393 e. The molecule has 0 bridgehead atoms. The van der Waals surface area contributed by atoms with Crippen molar-refractivity contribution in [1.82, 2.24) is 0 Å². The van der Waals surface area contributed by atoms with Crippen LogP contribution in [0.4, 0.5) is 0 Å². The third-order valence-electron chi connectivity index (χ3n) is 8.57. The summed E-state index contributed by atoms with van der Waals surface area (Å²) in [5.41, 5.74) is 2.31. The van der Waals surface area contributed by atoms with Crippen molar-refractivity contribution in [2.75, 3.05) is 0 Å². The van der Waals surface area contributed by atoms with Gasteiger partial charge in [0.05, 0.1) is 6.10 Å². The Morgan fingerprint density at radius 1 is 0.952 bits per heavy atom. The van der Waals surface area contributed by atoms with E-state index < -0.39 is 0 Å². The minimum atomic E-state index is -0.0277. The van der Waals surface area contributed by atoms with Crippen LogP contribution < -0.4 is 0 Å². The third-order valence-corrected chi connectivity index (χ3v) is 8.57. The fraction of sp³-hybridized carbons (Fsp3) is 0.900. The van der Waals surface area contributed by atoms with Crippen molar-refractivity contribution in [3.05, 3.63) is 12.2 Å². The van der Waals surface area contributed by atoms with Gasteiger partial charge in [0.15, 0.2) is 0 Å². The molecule has 4 aliphatic carbocycles. The summed E-state index contributed by atoms with van der Waals surface area (Å²) in [6, 6.07) is 0. The van der Waals surface area contributed by atoms with E-state index in [1.807, 2.05) is 0 Å². The first-order valence-electron chi connectivity index (χ1n) is 9.30. The summed E-state index contributed by atoms with van der Waals surface area (Å²) in [6.07, 6.45) is 11.7. The van der Waals surface area contributed by atoms with Gasteiger partial charge in [-0.05, 0) is 92.3 Å². The molecule has 1 heteroatoms. The molecule has 118 valence electrons. The molecule has 0 spiro atoms. The van der Waals surface area contributed by atoms with Gasteiger partial charge in [0.25, 0.3) is 0 Å². The molecule has 0 aromatic rings. The maximum Gasteiger partial charge on any atom is 0.0596 e. The molecule has 0 aromatic carbocycles. The Bertz CT molecular complexity index is 455. The highest BCUT2D eigenvalue weighted by molar-refractivity contribution is 5.13. The summed E-state index contributed by atoms with van der Waals surface area (Å²) in [5.74, 6) is 3.52.